The first-order valence-corrected chi connectivity index (χ1v) is 7.37. The number of phenolic OH excluding ortho intramolecular Hbond substituents is 1. The standard InChI is InChI=1S/C18H19NO5/c1-11-6-4-7-13(10-11)19-17(21)12(2)24-18(22)14-8-5-9-15(23-3)16(14)20/h4-10,12,20H,1-3H3,(H,19,21)/t12-/m0/s1. The lowest BCUT2D eigenvalue weighted by molar-refractivity contribution is -0.123. The van der Waals surface area contributed by atoms with Gasteiger partial charge in [-0.1, -0.05) is 18.2 Å². The minimum atomic E-state index is -1.02. The molecule has 0 saturated carbocycles. The SMILES string of the molecule is COc1cccc(C(=O)O[C@@H](C)C(=O)Nc2cccc(C)c2)c1O. The van der Waals surface area contributed by atoms with Gasteiger partial charge in [0.1, 0.15) is 5.56 Å². The van der Waals surface area contributed by atoms with Crippen molar-refractivity contribution >= 4 is 17.6 Å². The van der Waals surface area contributed by atoms with E-state index in [-0.39, 0.29) is 17.1 Å². The van der Waals surface area contributed by atoms with Crippen LogP contribution >= 0.6 is 0 Å². The molecule has 126 valence electrons. The number of aryl methyl sites for hydroxylation is 1. The van der Waals surface area contributed by atoms with Crippen molar-refractivity contribution in [2.24, 2.45) is 0 Å². The molecule has 2 rings (SSSR count). The van der Waals surface area contributed by atoms with Gasteiger partial charge in [0.2, 0.25) is 0 Å². The second-order valence-electron chi connectivity index (χ2n) is 5.26. The van der Waals surface area contributed by atoms with Gasteiger partial charge in [-0.3, -0.25) is 4.79 Å². The zero-order valence-electron chi connectivity index (χ0n) is 13.7. The molecule has 0 heterocycles. The highest BCUT2D eigenvalue weighted by molar-refractivity contribution is 5.98. The van der Waals surface area contributed by atoms with Crippen molar-refractivity contribution in [3.8, 4) is 11.5 Å². The number of anilines is 1. The molecule has 2 aromatic carbocycles. The predicted molar refractivity (Wildman–Crippen MR) is 89.3 cm³/mol. The van der Waals surface area contributed by atoms with Crippen LogP contribution < -0.4 is 10.1 Å². The number of carbonyl (C=O) groups is 2. The highest BCUT2D eigenvalue weighted by Gasteiger charge is 2.22. The van der Waals surface area contributed by atoms with E-state index in [1.165, 1.54) is 26.2 Å². The summed E-state index contributed by atoms with van der Waals surface area (Å²) in [5.74, 6) is -1.44. The molecule has 0 aliphatic rings. The van der Waals surface area contributed by atoms with Crippen LogP contribution in [0.2, 0.25) is 0 Å². The average molecular weight is 329 g/mol. The van der Waals surface area contributed by atoms with Crippen molar-refractivity contribution in [1.29, 1.82) is 0 Å². The van der Waals surface area contributed by atoms with Crippen LogP contribution in [0.1, 0.15) is 22.8 Å². The van der Waals surface area contributed by atoms with Crippen molar-refractivity contribution < 1.29 is 24.2 Å². The molecule has 6 nitrogen and oxygen atoms in total. The number of carbonyl (C=O) groups excluding carboxylic acids is 2. The monoisotopic (exact) mass is 329 g/mol. The summed E-state index contributed by atoms with van der Waals surface area (Å²) >= 11 is 0. The Hall–Kier alpha value is -3.02. The number of para-hydroxylation sites is 1. The highest BCUT2D eigenvalue weighted by Crippen LogP contribution is 2.30. The van der Waals surface area contributed by atoms with E-state index < -0.39 is 18.0 Å². The van der Waals surface area contributed by atoms with Crippen LogP contribution in [0.3, 0.4) is 0 Å². The lowest BCUT2D eigenvalue weighted by Gasteiger charge is -2.15. The van der Waals surface area contributed by atoms with E-state index in [1.807, 2.05) is 19.1 Å². The maximum absolute atomic E-state index is 12.1. The summed E-state index contributed by atoms with van der Waals surface area (Å²) in [7, 11) is 1.38. The Balaban J connectivity index is 2.04. The fourth-order valence-electron chi connectivity index (χ4n) is 2.10. The van der Waals surface area contributed by atoms with Crippen LogP contribution in [0, 0.1) is 6.92 Å². The first kappa shape index (κ1) is 17.3. The molecule has 0 aromatic heterocycles. The minimum Gasteiger partial charge on any atom is -0.504 e. The third-order valence-electron chi connectivity index (χ3n) is 3.38. The fourth-order valence-corrected chi connectivity index (χ4v) is 2.10. The molecular formula is C18H19NO5. The zero-order valence-corrected chi connectivity index (χ0v) is 13.7. The summed E-state index contributed by atoms with van der Waals surface area (Å²) in [5.41, 5.74) is 1.55. The van der Waals surface area contributed by atoms with Crippen LogP contribution in [0.25, 0.3) is 0 Å². The largest absolute Gasteiger partial charge is 0.504 e. The number of rotatable bonds is 5. The van der Waals surface area contributed by atoms with Gasteiger partial charge in [0.05, 0.1) is 7.11 Å². The quantitative estimate of drug-likeness (QED) is 0.824. The Morgan fingerprint density at radius 3 is 2.54 bits per heavy atom. The van der Waals surface area contributed by atoms with E-state index in [0.717, 1.165) is 5.56 Å². The van der Waals surface area contributed by atoms with Gasteiger partial charge in [0.15, 0.2) is 17.6 Å². The molecule has 0 fully saturated rings. The van der Waals surface area contributed by atoms with E-state index in [1.54, 1.807) is 18.2 Å². The third-order valence-corrected chi connectivity index (χ3v) is 3.38. The van der Waals surface area contributed by atoms with Gasteiger partial charge < -0.3 is 19.9 Å². The third kappa shape index (κ3) is 4.04. The van der Waals surface area contributed by atoms with Gasteiger partial charge >= 0.3 is 5.97 Å². The number of amides is 1. The number of esters is 1. The number of methoxy groups -OCH3 is 1. The molecule has 0 bridgehead atoms. The van der Waals surface area contributed by atoms with E-state index >= 15 is 0 Å². The Morgan fingerprint density at radius 1 is 1.17 bits per heavy atom. The molecule has 1 atom stereocenters. The molecule has 0 spiro atoms. The Labute approximate surface area is 140 Å². The predicted octanol–water partition coefficient (Wildman–Crippen LogP) is 2.89. The summed E-state index contributed by atoms with van der Waals surface area (Å²) in [6.45, 7) is 3.37. The van der Waals surface area contributed by atoms with E-state index in [4.69, 9.17) is 9.47 Å². The number of aromatic hydroxyl groups is 1. The van der Waals surface area contributed by atoms with Gasteiger partial charge in [-0.2, -0.15) is 0 Å². The molecule has 0 aliphatic heterocycles. The van der Waals surface area contributed by atoms with E-state index in [0.29, 0.717) is 5.69 Å². The molecule has 0 unspecified atom stereocenters. The summed E-state index contributed by atoms with van der Waals surface area (Å²) in [5, 5.41) is 12.6. The van der Waals surface area contributed by atoms with Crippen LogP contribution in [-0.4, -0.2) is 30.2 Å². The van der Waals surface area contributed by atoms with Gasteiger partial charge in [-0.05, 0) is 43.7 Å². The lowest BCUT2D eigenvalue weighted by Crippen LogP contribution is -2.30. The maximum Gasteiger partial charge on any atom is 0.342 e. The van der Waals surface area contributed by atoms with Crippen molar-refractivity contribution in [1.82, 2.24) is 0 Å². The lowest BCUT2D eigenvalue weighted by atomic mass is 10.2. The Morgan fingerprint density at radius 2 is 1.88 bits per heavy atom. The number of phenols is 1. The molecular weight excluding hydrogens is 310 g/mol. The van der Waals surface area contributed by atoms with Crippen molar-refractivity contribution in [2.45, 2.75) is 20.0 Å². The summed E-state index contributed by atoms with van der Waals surface area (Å²) in [6.07, 6.45) is -1.02. The van der Waals surface area contributed by atoms with Crippen molar-refractivity contribution in [2.75, 3.05) is 12.4 Å². The zero-order chi connectivity index (χ0) is 17.7. The maximum atomic E-state index is 12.1. The molecule has 0 saturated heterocycles. The molecule has 2 N–H and O–H groups in total. The fraction of sp³-hybridized carbons (Fsp3) is 0.222. The summed E-state index contributed by atoms with van der Waals surface area (Å²) in [4.78, 5) is 24.3. The Kier molecular flexibility index (Phi) is 5.42. The highest BCUT2D eigenvalue weighted by atomic mass is 16.5. The first-order chi connectivity index (χ1) is 11.4. The van der Waals surface area contributed by atoms with E-state index in [2.05, 4.69) is 5.32 Å². The molecule has 24 heavy (non-hydrogen) atoms. The summed E-state index contributed by atoms with van der Waals surface area (Å²) < 4.78 is 10.1. The van der Waals surface area contributed by atoms with Crippen LogP contribution in [0.15, 0.2) is 42.5 Å². The number of benzene rings is 2. The van der Waals surface area contributed by atoms with Gasteiger partial charge in [-0.25, -0.2) is 4.79 Å². The molecule has 2 aromatic rings. The minimum absolute atomic E-state index is 0.0652. The van der Waals surface area contributed by atoms with Crippen LogP contribution in [0.5, 0.6) is 11.5 Å². The van der Waals surface area contributed by atoms with Crippen molar-refractivity contribution in [3.05, 3.63) is 53.6 Å². The second kappa shape index (κ2) is 7.50. The normalized spacial score (nSPS) is 11.5. The van der Waals surface area contributed by atoms with Crippen molar-refractivity contribution in [3.63, 3.8) is 0 Å². The topological polar surface area (TPSA) is 84.9 Å². The molecule has 1 amide bonds. The molecule has 6 heteroatoms. The number of nitrogens with one attached hydrogen (secondary N) is 1. The number of ether oxygens (including phenoxy) is 2. The smallest absolute Gasteiger partial charge is 0.342 e. The average Bonchev–Trinajstić information content (AvgIpc) is 2.54. The van der Waals surface area contributed by atoms with Gasteiger partial charge in [0.25, 0.3) is 5.91 Å². The van der Waals surface area contributed by atoms with Gasteiger partial charge in [0, 0.05) is 5.69 Å². The number of hydrogen-bond acceptors (Lipinski definition) is 5. The van der Waals surface area contributed by atoms with E-state index in [9.17, 15) is 14.7 Å². The van der Waals surface area contributed by atoms with Gasteiger partial charge in [-0.15, -0.1) is 0 Å². The molecule has 0 aliphatic carbocycles. The Bertz CT molecular complexity index is 757. The summed E-state index contributed by atoms with van der Waals surface area (Å²) in [6, 6.07) is 11.7. The number of hydrogen-bond donors (Lipinski definition) is 2. The second-order valence-corrected chi connectivity index (χ2v) is 5.26. The van der Waals surface area contributed by atoms with Crippen LogP contribution in [-0.2, 0) is 9.53 Å². The van der Waals surface area contributed by atoms with Crippen LogP contribution in [0.4, 0.5) is 5.69 Å². The first-order valence-electron chi connectivity index (χ1n) is 7.37. The molecule has 0 radical (unpaired) electrons.